The molecule has 0 bridgehead atoms. The van der Waals surface area contributed by atoms with Crippen LogP contribution in [0.3, 0.4) is 0 Å². The van der Waals surface area contributed by atoms with E-state index >= 15 is 0 Å². The molecule has 0 heterocycles. The lowest BCUT2D eigenvalue weighted by atomic mass is 9.89. The van der Waals surface area contributed by atoms with E-state index in [1.807, 2.05) is 18.2 Å². The van der Waals surface area contributed by atoms with E-state index in [0.717, 1.165) is 25.9 Å². The van der Waals surface area contributed by atoms with Gasteiger partial charge in [0.25, 0.3) is 0 Å². The van der Waals surface area contributed by atoms with E-state index in [9.17, 15) is 9.90 Å². The van der Waals surface area contributed by atoms with Crippen LogP contribution in [0, 0.1) is 5.41 Å². The number of unbranched alkanes of at least 4 members (excludes halogenated alkanes) is 1. The normalized spacial score (nSPS) is 11.3. The minimum atomic E-state index is -0.726. The van der Waals surface area contributed by atoms with Gasteiger partial charge in [-0.05, 0) is 38.8 Å². The van der Waals surface area contributed by atoms with E-state index in [1.54, 1.807) is 13.8 Å². The summed E-state index contributed by atoms with van der Waals surface area (Å²) in [5.41, 5.74) is 0.510. The van der Waals surface area contributed by atoms with Gasteiger partial charge in [-0.1, -0.05) is 31.5 Å². The van der Waals surface area contributed by atoms with Crippen LogP contribution in [0.25, 0.3) is 0 Å². The zero-order chi connectivity index (χ0) is 14.3. The summed E-state index contributed by atoms with van der Waals surface area (Å²) in [6.45, 7) is 7.51. The lowest BCUT2D eigenvalue weighted by Crippen LogP contribution is -2.32. The molecule has 0 radical (unpaired) electrons. The third-order valence-electron chi connectivity index (χ3n) is 3.49. The summed E-state index contributed by atoms with van der Waals surface area (Å²) in [5.74, 6) is -0.726. The number of carbonyl (C=O) groups is 1. The van der Waals surface area contributed by atoms with Crippen LogP contribution in [-0.2, 0) is 4.79 Å². The van der Waals surface area contributed by atoms with E-state index in [4.69, 9.17) is 0 Å². The predicted molar refractivity (Wildman–Crippen MR) is 79.6 cm³/mol. The highest BCUT2D eigenvalue weighted by Crippen LogP contribution is 2.23. The summed E-state index contributed by atoms with van der Waals surface area (Å²) >= 11 is 0. The molecule has 0 atom stereocenters. The molecule has 0 unspecified atom stereocenters. The quantitative estimate of drug-likeness (QED) is 0.775. The van der Waals surface area contributed by atoms with Gasteiger partial charge in [0.05, 0.1) is 5.41 Å². The molecule has 0 saturated heterocycles. The highest BCUT2D eigenvalue weighted by Gasteiger charge is 2.27. The number of benzene rings is 1. The van der Waals surface area contributed by atoms with Crippen molar-refractivity contribution in [1.82, 2.24) is 0 Å². The first-order chi connectivity index (χ1) is 8.97. The molecule has 0 saturated carbocycles. The van der Waals surface area contributed by atoms with Crippen LogP contribution in [0.5, 0.6) is 0 Å². The molecule has 0 spiro atoms. The Kier molecular flexibility index (Phi) is 5.87. The second-order valence-corrected chi connectivity index (χ2v) is 5.62. The Bertz CT molecular complexity index is 387. The number of anilines is 1. The van der Waals surface area contributed by atoms with Gasteiger partial charge in [0.2, 0.25) is 0 Å². The molecule has 3 heteroatoms. The molecule has 1 aromatic carbocycles. The van der Waals surface area contributed by atoms with Crippen molar-refractivity contribution in [3.05, 3.63) is 30.3 Å². The maximum absolute atomic E-state index is 11.2. The van der Waals surface area contributed by atoms with Crippen LogP contribution < -0.4 is 4.90 Å². The first kappa shape index (κ1) is 15.5. The van der Waals surface area contributed by atoms with Crippen LogP contribution >= 0.6 is 0 Å². The van der Waals surface area contributed by atoms with Gasteiger partial charge in [0.1, 0.15) is 0 Å². The highest BCUT2D eigenvalue weighted by atomic mass is 16.4. The van der Waals surface area contributed by atoms with Crippen molar-refractivity contribution in [2.45, 2.75) is 40.0 Å². The van der Waals surface area contributed by atoms with Gasteiger partial charge in [-0.15, -0.1) is 0 Å². The highest BCUT2D eigenvalue weighted by molar-refractivity contribution is 5.73. The van der Waals surface area contributed by atoms with Crippen molar-refractivity contribution < 1.29 is 9.90 Å². The lowest BCUT2D eigenvalue weighted by molar-refractivity contribution is -0.147. The number of para-hydroxylation sites is 1. The molecule has 0 fully saturated rings. The third-order valence-corrected chi connectivity index (χ3v) is 3.49. The van der Waals surface area contributed by atoms with E-state index in [0.29, 0.717) is 6.42 Å². The third kappa shape index (κ3) is 4.93. The molecule has 0 aliphatic heterocycles. The molecule has 1 N–H and O–H groups in total. The Morgan fingerprint density at radius 2 is 1.84 bits per heavy atom. The molecule has 0 aliphatic carbocycles. The average molecular weight is 263 g/mol. The summed E-state index contributed by atoms with van der Waals surface area (Å²) in [7, 11) is 0. The van der Waals surface area contributed by atoms with Crippen molar-refractivity contribution in [3.63, 3.8) is 0 Å². The van der Waals surface area contributed by atoms with Gasteiger partial charge in [-0.2, -0.15) is 0 Å². The van der Waals surface area contributed by atoms with Gasteiger partial charge >= 0.3 is 5.97 Å². The Morgan fingerprint density at radius 3 is 2.37 bits per heavy atom. The second-order valence-electron chi connectivity index (χ2n) is 5.62. The maximum Gasteiger partial charge on any atom is 0.309 e. The summed E-state index contributed by atoms with van der Waals surface area (Å²) in [5, 5.41) is 9.18. The maximum atomic E-state index is 11.2. The molecule has 0 amide bonds. The molecule has 106 valence electrons. The summed E-state index contributed by atoms with van der Waals surface area (Å²) in [6.07, 6.45) is 2.93. The van der Waals surface area contributed by atoms with Crippen LogP contribution in [0.1, 0.15) is 40.0 Å². The number of rotatable bonds is 8. The molecule has 19 heavy (non-hydrogen) atoms. The van der Waals surface area contributed by atoms with Gasteiger partial charge in [0, 0.05) is 18.8 Å². The summed E-state index contributed by atoms with van der Waals surface area (Å²) in [4.78, 5) is 13.5. The number of carboxylic acids is 1. The van der Waals surface area contributed by atoms with E-state index in [2.05, 4.69) is 24.0 Å². The fourth-order valence-electron chi connectivity index (χ4n) is 1.88. The Hall–Kier alpha value is -1.51. The van der Waals surface area contributed by atoms with Crippen molar-refractivity contribution in [1.29, 1.82) is 0 Å². The predicted octanol–water partition coefficient (Wildman–Crippen LogP) is 3.79. The molecule has 0 aliphatic rings. The fraction of sp³-hybridized carbons (Fsp3) is 0.562. The lowest BCUT2D eigenvalue weighted by Gasteiger charge is -2.28. The Labute approximate surface area is 116 Å². The van der Waals surface area contributed by atoms with Crippen LogP contribution in [0.2, 0.25) is 0 Å². The van der Waals surface area contributed by atoms with Crippen LogP contribution in [0.15, 0.2) is 30.3 Å². The van der Waals surface area contributed by atoms with Gasteiger partial charge in [-0.25, -0.2) is 0 Å². The zero-order valence-electron chi connectivity index (χ0n) is 12.2. The van der Waals surface area contributed by atoms with Crippen molar-refractivity contribution in [3.8, 4) is 0 Å². The zero-order valence-corrected chi connectivity index (χ0v) is 12.2. The summed E-state index contributed by atoms with van der Waals surface area (Å²) < 4.78 is 0. The van der Waals surface area contributed by atoms with Gasteiger partial charge in [0.15, 0.2) is 0 Å². The van der Waals surface area contributed by atoms with E-state index in [1.165, 1.54) is 5.69 Å². The van der Waals surface area contributed by atoms with Gasteiger partial charge < -0.3 is 10.0 Å². The Morgan fingerprint density at radius 1 is 1.21 bits per heavy atom. The number of hydrogen-bond acceptors (Lipinski definition) is 2. The van der Waals surface area contributed by atoms with Crippen LogP contribution in [-0.4, -0.2) is 24.2 Å². The number of aliphatic carboxylic acids is 1. The van der Waals surface area contributed by atoms with Gasteiger partial charge in [-0.3, -0.25) is 4.79 Å². The topological polar surface area (TPSA) is 40.5 Å². The first-order valence-corrected chi connectivity index (χ1v) is 7.01. The largest absolute Gasteiger partial charge is 0.481 e. The average Bonchev–Trinajstić information content (AvgIpc) is 2.39. The van der Waals surface area contributed by atoms with E-state index < -0.39 is 11.4 Å². The molecular formula is C16H25NO2. The standard InChI is InChI=1S/C16H25NO2/c1-4-5-12-17(14-9-7-6-8-10-14)13-11-16(2,3)15(18)19/h6-10H,4-5,11-13H2,1-3H3,(H,18,19). The number of nitrogens with zero attached hydrogens (tertiary/aromatic N) is 1. The van der Waals surface area contributed by atoms with Crippen LogP contribution in [0.4, 0.5) is 5.69 Å². The monoisotopic (exact) mass is 263 g/mol. The molecular weight excluding hydrogens is 238 g/mol. The van der Waals surface area contributed by atoms with Crippen molar-refractivity contribution in [2.75, 3.05) is 18.0 Å². The number of hydrogen-bond donors (Lipinski definition) is 1. The smallest absolute Gasteiger partial charge is 0.309 e. The first-order valence-electron chi connectivity index (χ1n) is 7.01. The molecule has 0 aromatic heterocycles. The summed E-state index contributed by atoms with van der Waals surface area (Å²) in [6, 6.07) is 10.2. The fourth-order valence-corrected chi connectivity index (χ4v) is 1.88. The van der Waals surface area contributed by atoms with Crippen molar-refractivity contribution >= 4 is 11.7 Å². The molecule has 1 rings (SSSR count). The van der Waals surface area contributed by atoms with Crippen molar-refractivity contribution in [2.24, 2.45) is 5.41 Å². The second kappa shape index (κ2) is 7.17. The molecule has 1 aromatic rings. The number of carboxylic acid groups (broad SMARTS) is 1. The Balaban J connectivity index is 2.68. The molecule has 3 nitrogen and oxygen atoms in total. The minimum Gasteiger partial charge on any atom is -0.481 e. The minimum absolute atomic E-state index is 0.654. The SMILES string of the molecule is CCCCN(CCC(C)(C)C(=O)O)c1ccccc1. The van der Waals surface area contributed by atoms with E-state index in [-0.39, 0.29) is 0 Å².